The van der Waals surface area contributed by atoms with Crippen molar-refractivity contribution in [3.63, 3.8) is 0 Å². The van der Waals surface area contributed by atoms with Gasteiger partial charge in [-0.2, -0.15) is 0 Å². The Kier molecular flexibility index (Phi) is 3.12. The molecule has 5 nitrogen and oxygen atoms in total. The highest BCUT2D eigenvalue weighted by Gasteiger charge is 2.37. The molecule has 19 heavy (non-hydrogen) atoms. The number of anilines is 1. The summed E-state index contributed by atoms with van der Waals surface area (Å²) in [5, 5.41) is 7.45. The molecule has 5 heteroatoms. The van der Waals surface area contributed by atoms with Gasteiger partial charge in [0.25, 0.3) is 0 Å². The maximum absolute atomic E-state index is 7.45. The van der Waals surface area contributed by atoms with E-state index in [1.54, 1.807) is 12.3 Å². The molecule has 1 aromatic rings. The summed E-state index contributed by atoms with van der Waals surface area (Å²) in [7, 11) is 0. The van der Waals surface area contributed by atoms with Gasteiger partial charge >= 0.3 is 0 Å². The molecule has 1 aliphatic carbocycles. The fraction of sp³-hybridized carbons (Fsp3) is 0.643. The molecule has 1 saturated carbocycles. The Labute approximate surface area is 113 Å². The van der Waals surface area contributed by atoms with Gasteiger partial charge in [-0.3, -0.25) is 5.41 Å². The van der Waals surface area contributed by atoms with Gasteiger partial charge in [-0.05, 0) is 37.2 Å². The fourth-order valence-corrected chi connectivity index (χ4v) is 3.46. The SMILES string of the molecule is N=C(N)c1ccnc(N2CCC3(CCCC3)CC2)n1. The van der Waals surface area contributed by atoms with Crippen molar-refractivity contribution < 1.29 is 0 Å². The maximum Gasteiger partial charge on any atom is 0.225 e. The molecule has 0 atom stereocenters. The van der Waals surface area contributed by atoms with Crippen LogP contribution in [-0.2, 0) is 0 Å². The smallest absolute Gasteiger partial charge is 0.225 e. The average Bonchev–Trinajstić information content (AvgIpc) is 2.88. The van der Waals surface area contributed by atoms with E-state index >= 15 is 0 Å². The minimum Gasteiger partial charge on any atom is -0.382 e. The molecule has 2 fully saturated rings. The first-order chi connectivity index (χ1) is 9.19. The Morgan fingerprint density at radius 1 is 1.21 bits per heavy atom. The van der Waals surface area contributed by atoms with E-state index in [0.717, 1.165) is 19.0 Å². The highest BCUT2D eigenvalue weighted by molar-refractivity contribution is 5.93. The maximum atomic E-state index is 7.45. The summed E-state index contributed by atoms with van der Waals surface area (Å²) in [6, 6.07) is 1.69. The van der Waals surface area contributed by atoms with Crippen LogP contribution in [0.2, 0.25) is 0 Å². The van der Waals surface area contributed by atoms with Crippen molar-refractivity contribution in [3.8, 4) is 0 Å². The van der Waals surface area contributed by atoms with Crippen LogP contribution in [0.1, 0.15) is 44.2 Å². The summed E-state index contributed by atoms with van der Waals surface area (Å²) in [6.07, 6.45) is 9.79. The Morgan fingerprint density at radius 3 is 2.53 bits per heavy atom. The van der Waals surface area contributed by atoms with Crippen LogP contribution < -0.4 is 10.6 Å². The Balaban J connectivity index is 1.71. The Morgan fingerprint density at radius 2 is 1.89 bits per heavy atom. The summed E-state index contributed by atoms with van der Waals surface area (Å²) >= 11 is 0. The third-order valence-corrected chi connectivity index (χ3v) is 4.69. The van der Waals surface area contributed by atoms with Crippen LogP contribution in [0.15, 0.2) is 12.3 Å². The van der Waals surface area contributed by atoms with E-state index in [9.17, 15) is 0 Å². The van der Waals surface area contributed by atoms with Crippen molar-refractivity contribution >= 4 is 11.8 Å². The van der Waals surface area contributed by atoms with Crippen LogP contribution in [0, 0.1) is 10.8 Å². The number of nitrogens with one attached hydrogen (secondary N) is 1. The molecule has 3 N–H and O–H groups in total. The van der Waals surface area contributed by atoms with E-state index < -0.39 is 0 Å². The molecule has 1 saturated heterocycles. The summed E-state index contributed by atoms with van der Waals surface area (Å²) < 4.78 is 0. The highest BCUT2D eigenvalue weighted by Crippen LogP contribution is 2.46. The van der Waals surface area contributed by atoms with Gasteiger partial charge < -0.3 is 10.6 Å². The standard InChI is InChI=1S/C14H21N5/c15-12(16)11-3-8-17-13(18-11)19-9-6-14(7-10-19)4-1-2-5-14/h3,8H,1-2,4-7,9-10H2,(H3,15,16). The molecular formula is C14H21N5. The van der Waals surface area contributed by atoms with Crippen molar-refractivity contribution in [3.05, 3.63) is 18.0 Å². The number of aromatic nitrogens is 2. The molecule has 2 heterocycles. The van der Waals surface area contributed by atoms with Gasteiger partial charge in [0, 0.05) is 19.3 Å². The molecule has 102 valence electrons. The molecule has 1 aliphatic heterocycles. The van der Waals surface area contributed by atoms with E-state index in [2.05, 4.69) is 14.9 Å². The van der Waals surface area contributed by atoms with Gasteiger partial charge in [0.1, 0.15) is 11.5 Å². The Hall–Kier alpha value is -1.65. The first-order valence-corrected chi connectivity index (χ1v) is 7.11. The van der Waals surface area contributed by atoms with Gasteiger partial charge in [0.2, 0.25) is 5.95 Å². The summed E-state index contributed by atoms with van der Waals surface area (Å²) in [5.74, 6) is 0.730. The van der Waals surface area contributed by atoms with Gasteiger partial charge in [0.15, 0.2) is 0 Å². The molecule has 0 bridgehead atoms. The van der Waals surface area contributed by atoms with E-state index in [1.807, 2.05) is 0 Å². The van der Waals surface area contributed by atoms with Crippen LogP contribution in [-0.4, -0.2) is 28.9 Å². The van der Waals surface area contributed by atoms with Crippen molar-refractivity contribution in [2.45, 2.75) is 38.5 Å². The van der Waals surface area contributed by atoms with E-state index in [-0.39, 0.29) is 5.84 Å². The first kappa shape index (κ1) is 12.4. The lowest BCUT2D eigenvalue weighted by molar-refractivity contribution is 0.225. The molecule has 0 amide bonds. The number of hydrogen-bond donors (Lipinski definition) is 2. The van der Waals surface area contributed by atoms with Crippen LogP contribution >= 0.6 is 0 Å². The summed E-state index contributed by atoms with van der Waals surface area (Å²) in [6.45, 7) is 2.06. The predicted molar refractivity (Wildman–Crippen MR) is 75.4 cm³/mol. The molecule has 1 spiro atoms. The number of piperidine rings is 1. The van der Waals surface area contributed by atoms with Crippen molar-refractivity contribution in [1.29, 1.82) is 5.41 Å². The van der Waals surface area contributed by atoms with E-state index in [1.165, 1.54) is 38.5 Å². The molecule has 1 aromatic heterocycles. The molecule has 3 rings (SSSR count). The topological polar surface area (TPSA) is 78.9 Å². The zero-order valence-corrected chi connectivity index (χ0v) is 11.2. The first-order valence-electron chi connectivity index (χ1n) is 7.11. The van der Waals surface area contributed by atoms with Crippen LogP contribution in [0.3, 0.4) is 0 Å². The van der Waals surface area contributed by atoms with Crippen molar-refractivity contribution in [2.24, 2.45) is 11.1 Å². The van der Waals surface area contributed by atoms with Gasteiger partial charge in [0.05, 0.1) is 0 Å². The second kappa shape index (κ2) is 4.79. The number of amidine groups is 1. The third-order valence-electron chi connectivity index (χ3n) is 4.69. The number of hydrogen-bond acceptors (Lipinski definition) is 4. The number of nitrogens with two attached hydrogens (primary N) is 1. The number of nitrogen functional groups attached to an aromatic ring is 1. The van der Waals surface area contributed by atoms with Gasteiger partial charge in [-0.1, -0.05) is 12.8 Å². The highest BCUT2D eigenvalue weighted by atomic mass is 15.3. The van der Waals surface area contributed by atoms with E-state index in [0.29, 0.717) is 11.1 Å². The molecule has 0 radical (unpaired) electrons. The second-order valence-electron chi connectivity index (χ2n) is 5.85. The lowest BCUT2D eigenvalue weighted by Crippen LogP contribution is -2.39. The van der Waals surface area contributed by atoms with E-state index in [4.69, 9.17) is 11.1 Å². The Bertz CT molecular complexity index is 468. The minimum atomic E-state index is 0.00734. The number of rotatable bonds is 2. The molecule has 0 unspecified atom stereocenters. The predicted octanol–water partition coefficient (Wildman–Crippen LogP) is 1.92. The largest absolute Gasteiger partial charge is 0.382 e. The van der Waals surface area contributed by atoms with Crippen molar-refractivity contribution in [2.75, 3.05) is 18.0 Å². The zero-order valence-electron chi connectivity index (χ0n) is 11.2. The van der Waals surface area contributed by atoms with Gasteiger partial charge in [-0.15, -0.1) is 0 Å². The summed E-state index contributed by atoms with van der Waals surface area (Å²) in [5.41, 5.74) is 6.61. The second-order valence-corrected chi connectivity index (χ2v) is 5.85. The lowest BCUT2D eigenvalue weighted by Gasteiger charge is -2.39. The third kappa shape index (κ3) is 2.41. The van der Waals surface area contributed by atoms with Crippen molar-refractivity contribution in [1.82, 2.24) is 9.97 Å². The molecule has 0 aromatic carbocycles. The fourth-order valence-electron chi connectivity index (χ4n) is 3.46. The minimum absolute atomic E-state index is 0.00734. The molecule has 2 aliphatic rings. The monoisotopic (exact) mass is 259 g/mol. The average molecular weight is 259 g/mol. The quantitative estimate of drug-likeness (QED) is 0.628. The molecular weight excluding hydrogens is 238 g/mol. The zero-order chi connectivity index (χ0) is 13.3. The number of nitrogens with zero attached hydrogens (tertiary/aromatic N) is 3. The van der Waals surface area contributed by atoms with Crippen LogP contribution in [0.25, 0.3) is 0 Å². The van der Waals surface area contributed by atoms with Crippen LogP contribution in [0.5, 0.6) is 0 Å². The van der Waals surface area contributed by atoms with Gasteiger partial charge in [-0.25, -0.2) is 9.97 Å². The summed E-state index contributed by atoms with van der Waals surface area (Å²) in [4.78, 5) is 10.9. The normalized spacial score (nSPS) is 21.8. The lowest BCUT2D eigenvalue weighted by atomic mass is 9.77. The van der Waals surface area contributed by atoms with Crippen LogP contribution in [0.4, 0.5) is 5.95 Å².